The van der Waals surface area contributed by atoms with Crippen LogP contribution >= 0.6 is 0 Å². The van der Waals surface area contributed by atoms with E-state index in [0.29, 0.717) is 5.12 Å². The van der Waals surface area contributed by atoms with E-state index in [1.807, 2.05) is 5.92 Å². The van der Waals surface area contributed by atoms with Crippen molar-refractivity contribution in [3.05, 3.63) is 105 Å². The monoisotopic (exact) mass is 684 g/mol. The smallest absolute Gasteiger partial charge is 0.357 e. The Kier molecular flexibility index (Phi) is 9.82. The van der Waals surface area contributed by atoms with Gasteiger partial charge in [-0.3, -0.25) is 23.8 Å². The molecular weight excluding hydrogens is 662 g/mol. The number of H-pyrrole nitrogens is 1. The highest BCUT2D eigenvalue weighted by atomic mass is 32.2. The van der Waals surface area contributed by atoms with Gasteiger partial charge in [-0.25, -0.2) is 9.48 Å². The van der Waals surface area contributed by atoms with Crippen molar-refractivity contribution < 1.29 is 50.2 Å². The Morgan fingerprint density at radius 1 is 0.957 bits per heavy atom. The molecular formula is C28H22N5O12S2+. The number of nitrogens with zero attached hydrogens (tertiary/aromatic N) is 4. The Bertz CT molecular complexity index is 2230. The number of allylic oxidation sites excluding steroid dienone is 5. The van der Waals surface area contributed by atoms with Gasteiger partial charge in [-0.15, -0.1) is 0 Å². The highest BCUT2D eigenvalue weighted by Crippen LogP contribution is 2.25. The van der Waals surface area contributed by atoms with Crippen LogP contribution in [0.15, 0.2) is 98.2 Å². The number of carbonyl (C=O) groups is 2. The van der Waals surface area contributed by atoms with Gasteiger partial charge in [0.25, 0.3) is 37.3 Å². The first-order valence-electron chi connectivity index (χ1n) is 13.0. The summed E-state index contributed by atoms with van der Waals surface area (Å²) in [6.45, 7) is 1.54. The van der Waals surface area contributed by atoms with Gasteiger partial charge in [-0.1, -0.05) is 18.2 Å². The van der Waals surface area contributed by atoms with E-state index in [2.05, 4.69) is 10.2 Å². The normalized spacial score (nSPS) is 14.4. The Morgan fingerprint density at radius 3 is 2.06 bits per heavy atom. The third-order valence-electron chi connectivity index (χ3n) is 6.10. The van der Waals surface area contributed by atoms with E-state index in [9.17, 15) is 45.2 Å². The third-order valence-corrected chi connectivity index (χ3v) is 7.84. The fourth-order valence-corrected chi connectivity index (χ4v) is 4.94. The molecule has 1 aliphatic heterocycles. The molecule has 0 fully saturated rings. The number of ether oxygens (including phenoxy) is 1. The number of ketones is 1. The van der Waals surface area contributed by atoms with Crippen molar-refractivity contribution in [1.82, 2.24) is 9.78 Å². The van der Waals surface area contributed by atoms with Crippen LogP contribution < -0.4 is 10.7 Å². The highest BCUT2D eigenvalue weighted by molar-refractivity contribution is 7.86. The molecule has 0 radical (unpaired) electrons. The summed E-state index contributed by atoms with van der Waals surface area (Å²) >= 11 is 0. The first-order valence-corrected chi connectivity index (χ1v) is 15.8. The molecule has 0 amide bonds. The van der Waals surface area contributed by atoms with Crippen molar-refractivity contribution in [3.63, 3.8) is 0 Å². The Balaban J connectivity index is 1.66. The Hall–Kier alpha value is -5.94. The van der Waals surface area contributed by atoms with E-state index in [1.54, 1.807) is 6.92 Å². The van der Waals surface area contributed by atoms with E-state index in [-0.39, 0.29) is 39.8 Å². The standard InChI is InChI=1S/C28H21N5O12S2/c1-2-45-28(37)25-22(27(36)31(29-25)18-8-12-20(13-9-18)46(39,40)41)6-4-3-5-7-23-26(24(35)16-17-34)30-32(33(23)38)19-10-14-21(15-11-19)47(42,43)44/h3-15H,2H2,1H3,(H3-,29,30,34,35,36,38,39,40,41,42,43,44)/p+1. The fourth-order valence-electron chi connectivity index (χ4n) is 3.98. The molecule has 47 heavy (non-hydrogen) atoms. The second kappa shape index (κ2) is 13.6. The average Bonchev–Trinajstić information content (AvgIpc) is 3.52. The summed E-state index contributed by atoms with van der Waals surface area (Å²) in [6.07, 6.45) is 7.74. The molecule has 4 rings (SSSR count). The van der Waals surface area contributed by atoms with Crippen molar-refractivity contribution in [1.29, 1.82) is 0 Å². The summed E-state index contributed by atoms with van der Waals surface area (Å²) < 4.78 is 69.7. The maximum absolute atomic E-state index is 13.2. The molecule has 0 saturated heterocycles. The number of Topliss-reactive ketones (excluding diaryl/α,β-unsaturated/α-hetero) is 1. The lowest BCUT2D eigenvalue weighted by atomic mass is 10.2. The van der Waals surface area contributed by atoms with Crippen LogP contribution in [0.3, 0.4) is 0 Å². The van der Waals surface area contributed by atoms with Crippen LogP contribution in [0.2, 0.25) is 0 Å². The number of esters is 1. The number of anilines is 1. The minimum Gasteiger partial charge on any atom is -0.462 e. The van der Waals surface area contributed by atoms with Crippen molar-refractivity contribution in [3.8, 4) is 17.7 Å². The van der Waals surface area contributed by atoms with Crippen LogP contribution in [0.1, 0.15) is 23.0 Å². The number of hydrazine groups is 1. The van der Waals surface area contributed by atoms with Gasteiger partial charge in [0.05, 0.1) is 37.6 Å². The van der Waals surface area contributed by atoms with E-state index < -0.39 is 53.1 Å². The molecule has 3 aromatic rings. The molecule has 2 heterocycles. The molecule has 0 saturated carbocycles. The molecule has 1 aromatic heterocycles. The van der Waals surface area contributed by atoms with Gasteiger partial charge in [0.1, 0.15) is 11.8 Å². The first kappa shape index (κ1) is 33.9. The number of hydrogen-bond acceptors (Lipinski definition) is 11. The van der Waals surface area contributed by atoms with Gasteiger partial charge >= 0.3 is 11.7 Å². The lowest BCUT2D eigenvalue weighted by Crippen LogP contribution is -2.23. The molecule has 0 unspecified atom stereocenters. The number of carbonyl (C=O) groups excluding carboxylic acids is 2. The number of benzene rings is 2. The molecule has 19 heteroatoms. The summed E-state index contributed by atoms with van der Waals surface area (Å²) in [4.78, 5) is 50.6. The Morgan fingerprint density at radius 2 is 1.53 bits per heavy atom. The molecule has 1 aliphatic rings. The maximum atomic E-state index is 13.2. The zero-order valence-corrected chi connectivity index (χ0v) is 25.5. The van der Waals surface area contributed by atoms with Crippen LogP contribution in [0.5, 0.6) is 0 Å². The number of hydrazone groups is 1. The number of rotatable bonds is 10. The zero-order chi connectivity index (χ0) is 34.5. The predicted molar refractivity (Wildman–Crippen MR) is 163 cm³/mol. The number of aliphatic hydroxyl groups excluding tert-OH is 1. The number of hydrogen-bond donors (Lipinski definition) is 4. The van der Waals surface area contributed by atoms with E-state index in [4.69, 9.17) is 9.84 Å². The van der Waals surface area contributed by atoms with Gasteiger partial charge in [0, 0.05) is 11.0 Å². The second-order valence-electron chi connectivity index (χ2n) is 9.07. The molecule has 0 atom stereocenters. The average molecular weight is 685 g/mol. The number of nitrogens with one attached hydrogen (secondary N) is 1. The maximum Gasteiger partial charge on any atom is 0.357 e. The summed E-state index contributed by atoms with van der Waals surface area (Å²) in [5, 5.41) is 16.1. The van der Waals surface area contributed by atoms with Crippen molar-refractivity contribution in [2.75, 3.05) is 11.7 Å². The minimum absolute atomic E-state index is 0.00444. The van der Waals surface area contributed by atoms with Gasteiger partial charge in [-0.05, 0) is 72.5 Å². The van der Waals surface area contributed by atoms with Crippen LogP contribution in [-0.2, 0) is 29.8 Å². The first-order chi connectivity index (χ1) is 22.2. The van der Waals surface area contributed by atoms with Crippen LogP contribution in [-0.4, -0.2) is 69.8 Å². The second-order valence-corrected chi connectivity index (χ2v) is 11.9. The van der Waals surface area contributed by atoms with Crippen LogP contribution in [0.4, 0.5) is 5.69 Å². The molecule has 0 spiro atoms. The van der Waals surface area contributed by atoms with Gasteiger partial charge in [0.2, 0.25) is 0 Å². The fraction of sp³-hybridized carbons (Fsp3) is 0.0714. The predicted octanol–water partition coefficient (Wildman–Crippen LogP) is 1.76. The quantitative estimate of drug-likeness (QED) is 0.0783. The summed E-state index contributed by atoms with van der Waals surface area (Å²) in [5.74, 6) is -0.0527. The molecule has 4 N–H and O–H groups in total. The molecule has 0 aliphatic carbocycles. The largest absolute Gasteiger partial charge is 0.462 e. The Labute approximate surface area is 265 Å². The SMILES string of the molecule is CCOC(=O)c1[nH]n(-c2ccc(S(=O)(=O)O)cc2)c(=O)c1C=CC=CC=C1C(C(=O)C#CO)=NN(c2ccc(S(=O)(=O)O)cc2)[N+]1=O. The lowest BCUT2D eigenvalue weighted by molar-refractivity contribution is -0.498. The topological polar surface area (TPSA) is 246 Å². The van der Waals surface area contributed by atoms with E-state index in [1.165, 1.54) is 42.5 Å². The van der Waals surface area contributed by atoms with E-state index >= 15 is 0 Å². The number of aromatic amines is 1. The van der Waals surface area contributed by atoms with Crippen LogP contribution in [0, 0.1) is 16.9 Å². The van der Waals surface area contributed by atoms with Crippen molar-refractivity contribution in [2.45, 2.75) is 16.7 Å². The van der Waals surface area contributed by atoms with Gasteiger partial charge in [-0.2, -0.15) is 16.8 Å². The summed E-state index contributed by atoms with van der Waals surface area (Å²) in [6, 6.07) is 8.85. The van der Waals surface area contributed by atoms with Gasteiger partial charge < -0.3 is 9.84 Å². The number of nitroso groups, excluding NO2 is 1. The molecule has 0 bridgehead atoms. The minimum atomic E-state index is -4.52. The zero-order valence-electron chi connectivity index (χ0n) is 23.8. The van der Waals surface area contributed by atoms with Crippen molar-refractivity contribution >= 4 is 49.5 Å². The van der Waals surface area contributed by atoms with Crippen molar-refractivity contribution in [2.24, 2.45) is 5.10 Å². The number of aromatic nitrogens is 2. The summed E-state index contributed by atoms with van der Waals surface area (Å²) in [5.41, 5.74) is -1.80. The van der Waals surface area contributed by atoms with Crippen LogP contribution in [0.25, 0.3) is 11.8 Å². The molecule has 2 aromatic carbocycles. The highest BCUT2D eigenvalue weighted by Gasteiger charge is 2.43. The van der Waals surface area contributed by atoms with Gasteiger partial charge in [0.15, 0.2) is 5.69 Å². The van der Waals surface area contributed by atoms with E-state index in [0.717, 1.165) is 47.2 Å². The lowest BCUT2D eigenvalue weighted by Gasteiger charge is -2.04. The third kappa shape index (κ3) is 7.48. The summed E-state index contributed by atoms with van der Waals surface area (Å²) in [7, 11) is -9.01. The number of aliphatic hydroxyl groups is 1. The molecule has 242 valence electrons. The molecule has 17 nitrogen and oxygen atoms in total.